The van der Waals surface area contributed by atoms with E-state index in [1.165, 1.54) is 12.1 Å². The van der Waals surface area contributed by atoms with Crippen molar-refractivity contribution in [2.75, 3.05) is 13.2 Å². The molecule has 1 aromatic rings. The van der Waals surface area contributed by atoms with Crippen LogP contribution in [0.5, 0.6) is 0 Å². The Balaban J connectivity index is 2.64. The van der Waals surface area contributed by atoms with Crippen molar-refractivity contribution < 1.29 is 18.7 Å². The van der Waals surface area contributed by atoms with Gasteiger partial charge in [-0.2, -0.15) is 0 Å². The third kappa shape index (κ3) is 3.28. The summed E-state index contributed by atoms with van der Waals surface area (Å²) in [6.07, 6.45) is -0.233. The first-order chi connectivity index (χ1) is 7.15. The molecule has 3 nitrogen and oxygen atoms in total. The van der Waals surface area contributed by atoms with Gasteiger partial charge in [0.1, 0.15) is 0 Å². The van der Waals surface area contributed by atoms with Gasteiger partial charge < -0.3 is 10.4 Å². The van der Waals surface area contributed by atoms with Crippen molar-refractivity contribution >= 4 is 5.91 Å². The van der Waals surface area contributed by atoms with E-state index in [1.807, 2.05) is 0 Å². The van der Waals surface area contributed by atoms with E-state index in [0.29, 0.717) is 0 Å². The second-order valence-electron chi connectivity index (χ2n) is 2.96. The Morgan fingerprint density at radius 2 is 2.13 bits per heavy atom. The first-order valence-electron chi connectivity index (χ1n) is 4.45. The minimum atomic E-state index is -1.00. The van der Waals surface area contributed by atoms with Gasteiger partial charge >= 0.3 is 0 Å². The maximum Gasteiger partial charge on any atom is 0.224 e. The molecule has 0 heterocycles. The summed E-state index contributed by atoms with van der Waals surface area (Å²) in [5.74, 6) is -2.42. The molecule has 0 aromatic heterocycles. The van der Waals surface area contributed by atoms with E-state index in [-0.39, 0.29) is 25.1 Å². The average molecular weight is 215 g/mol. The normalized spacial score (nSPS) is 10.1. The maximum atomic E-state index is 13.1. The molecular formula is C10H11F2NO2. The second-order valence-corrected chi connectivity index (χ2v) is 2.96. The number of aliphatic hydroxyl groups is 1. The molecule has 0 saturated heterocycles. The number of nitrogens with one attached hydrogen (secondary N) is 1. The van der Waals surface area contributed by atoms with Crippen LogP contribution in [0.1, 0.15) is 5.56 Å². The zero-order valence-corrected chi connectivity index (χ0v) is 7.96. The Labute approximate surface area is 85.7 Å². The summed E-state index contributed by atoms with van der Waals surface area (Å²) in [6.45, 7) is -0.0762. The van der Waals surface area contributed by atoms with Gasteiger partial charge in [0.2, 0.25) is 5.91 Å². The first-order valence-corrected chi connectivity index (χ1v) is 4.45. The number of aliphatic hydroxyl groups excluding tert-OH is 1. The lowest BCUT2D eigenvalue weighted by atomic mass is 10.1. The monoisotopic (exact) mass is 215 g/mol. The molecule has 0 aliphatic rings. The molecule has 0 unspecified atom stereocenters. The summed E-state index contributed by atoms with van der Waals surface area (Å²) >= 11 is 0. The fourth-order valence-electron chi connectivity index (χ4n) is 1.12. The number of amides is 1. The first kappa shape index (κ1) is 11.6. The molecular weight excluding hydrogens is 204 g/mol. The van der Waals surface area contributed by atoms with Crippen LogP contribution in [0.25, 0.3) is 0 Å². The van der Waals surface area contributed by atoms with Crippen LogP contribution in [0.3, 0.4) is 0 Å². The van der Waals surface area contributed by atoms with Gasteiger partial charge in [0, 0.05) is 12.1 Å². The van der Waals surface area contributed by atoms with Crippen molar-refractivity contribution in [2.24, 2.45) is 0 Å². The molecule has 0 spiro atoms. The van der Waals surface area contributed by atoms with Crippen LogP contribution in [-0.2, 0) is 11.2 Å². The molecule has 0 bridgehead atoms. The summed E-state index contributed by atoms with van der Waals surface area (Å²) in [5, 5.41) is 10.8. The molecule has 0 aliphatic heterocycles. The predicted octanol–water partition coefficient (Wildman–Crippen LogP) is 0.616. The molecule has 0 aliphatic carbocycles. The van der Waals surface area contributed by atoms with E-state index >= 15 is 0 Å². The van der Waals surface area contributed by atoms with Gasteiger partial charge in [-0.15, -0.1) is 0 Å². The van der Waals surface area contributed by atoms with Crippen molar-refractivity contribution in [1.82, 2.24) is 5.32 Å². The lowest BCUT2D eigenvalue weighted by molar-refractivity contribution is -0.120. The Morgan fingerprint density at radius 3 is 2.80 bits per heavy atom. The maximum absolute atomic E-state index is 13.1. The highest BCUT2D eigenvalue weighted by Crippen LogP contribution is 2.11. The molecule has 0 saturated carbocycles. The second kappa shape index (κ2) is 5.41. The van der Waals surface area contributed by atoms with Gasteiger partial charge in [-0.25, -0.2) is 8.78 Å². The third-order valence-electron chi connectivity index (χ3n) is 1.82. The standard InChI is InChI=1S/C10H11F2NO2/c11-8-3-1-2-7(10(8)12)6-9(15)13-4-5-14/h1-3,14H,4-6H2,(H,13,15). The number of halogens is 2. The third-order valence-corrected chi connectivity index (χ3v) is 1.82. The summed E-state index contributed by atoms with van der Waals surface area (Å²) in [7, 11) is 0. The van der Waals surface area contributed by atoms with Gasteiger partial charge in [0.25, 0.3) is 0 Å². The molecule has 82 valence electrons. The van der Waals surface area contributed by atoms with Crippen LogP contribution in [0.15, 0.2) is 18.2 Å². The molecule has 0 fully saturated rings. The van der Waals surface area contributed by atoms with Crippen LogP contribution in [0.4, 0.5) is 8.78 Å². The number of hydrogen-bond acceptors (Lipinski definition) is 2. The van der Waals surface area contributed by atoms with Crippen molar-refractivity contribution in [1.29, 1.82) is 0 Å². The number of hydrogen-bond donors (Lipinski definition) is 2. The fourth-order valence-corrected chi connectivity index (χ4v) is 1.12. The summed E-state index contributed by atoms with van der Waals surface area (Å²) in [5.41, 5.74) is 0.00504. The van der Waals surface area contributed by atoms with E-state index in [9.17, 15) is 13.6 Å². The largest absolute Gasteiger partial charge is 0.395 e. The van der Waals surface area contributed by atoms with E-state index in [2.05, 4.69) is 5.32 Å². The van der Waals surface area contributed by atoms with Gasteiger partial charge in [-0.05, 0) is 6.07 Å². The Kier molecular flexibility index (Phi) is 4.17. The van der Waals surface area contributed by atoms with Crippen LogP contribution in [0.2, 0.25) is 0 Å². The predicted molar refractivity (Wildman–Crippen MR) is 50.2 cm³/mol. The summed E-state index contributed by atoms with van der Waals surface area (Å²) in [4.78, 5) is 11.1. The van der Waals surface area contributed by atoms with E-state index in [0.717, 1.165) is 6.07 Å². The minimum absolute atomic E-state index is 0.00504. The van der Waals surface area contributed by atoms with Gasteiger partial charge in [-0.1, -0.05) is 12.1 Å². The van der Waals surface area contributed by atoms with Gasteiger partial charge in [0.15, 0.2) is 11.6 Å². The molecule has 2 N–H and O–H groups in total. The van der Waals surface area contributed by atoms with Gasteiger partial charge in [0.05, 0.1) is 13.0 Å². The van der Waals surface area contributed by atoms with Crippen molar-refractivity contribution in [2.45, 2.75) is 6.42 Å². The van der Waals surface area contributed by atoms with E-state index in [1.54, 1.807) is 0 Å². The molecule has 0 atom stereocenters. The quantitative estimate of drug-likeness (QED) is 0.773. The van der Waals surface area contributed by atoms with Crippen LogP contribution in [-0.4, -0.2) is 24.2 Å². The lowest BCUT2D eigenvalue weighted by Gasteiger charge is -2.04. The Bertz CT molecular complexity index is 355. The van der Waals surface area contributed by atoms with Crippen molar-refractivity contribution in [3.05, 3.63) is 35.4 Å². The number of benzene rings is 1. The highest BCUT2D eigenvalue weighted by molar-refractivity contribution is 5.78. The lowest BCUT2D eigenvalue weighted by Crippen LogP contribution is -2.28. The molecule has 5 heteroatoms. The van der Waals surface area contributed by atoms with Crippen LogP contribution in [0, 0.1) is 11.6 Å². The molecule has 0 radical (unpaired) electrons. The average Bonchev–Trinajstić information content (AvgIpc) is 2.22. The topological polar surface area (TPSA) is 49.3 Å². The number of rotatable bonds is 4. The van der Waals surface area contributed by atoms with Crippen LogP contribution >= 0.6 is 0 Å². The fraction of sp³-hybridized carbons (Fsp3) is 0.300. The van der Waals surface area contributed by atoms with E-state index < -0.39 is 17.5 Å². The number of carbonyl (C=O) groups excluding carboxylic acids is 1. The molecule has 1 amide bonds. The van der Waals surface area contributed by atoms with Crippen molar-refractivity contribution in [3.63, 3.8) is 0 Å². The smallest absolute Gasteiger partial charge is 0.224 e. The minimum Gasteiger partial charge on any atom is -0.395 e. The summed E-state index contributed by atoms with van der Waals surface area (Å²) < 4.78 is 25.8. The zero-order valence-electron chi connectivity index (χ0n) is 7.96. The van der Waals surface area contributed by atoms with Crippen molar-refractivity contribution in [3.8, 4) is 0 Å². The van der Waals surface area contributed by atoms with Crippen LogP contribution < -0.4 is 5.32 Å². The Morgan fingerprint density at radius 1 is 1.40 bits per heavy atom. The van der Waals surface area contributed by atoms with E-state index in [4.69, 9.17) is 5.11 Å². The molecule has 1 rings (SSSR count). The zero-order chi connectivity index (χ0) is 11.3. The highest BCUT2D eigenvalue weighted by atomic mass is 19.2. The SMILES string of the molecule is O=C(Cc1cccc(F)c1F)NCCO. The summed E-state index contributed by atoms with van der Waals surface area (Å²) in [6, 6.07) is 3.68. The molecule has 15 heavy (non-hydrogen) atoms. The number of carbonyl (C=O) groups is 1. The highest BCUT2D eigenvalue weighted by Gasteiger charge is 2.10. The molecule has 1 aromatic carbocycles. The Hall–Kier alpha value is -1.49. The van der Waals surface area contributed by atoms with Gasteiger partial charge in [-0.3, -0.25) is 4.79 Å².